The zero-order valence-electron chi connectivity index (χ0n) is 10.8. The Morgan fingerprint density at radius 3 is 2.88 bits per heavy atom. The van der Waals surface area contributed by atoms with Crippen molar-refractivity contribution in [2.24, 2.45) is 5.92 Å². The van der Waals surface area contributed by atoms with Gasteiger partial charge in [-0.15, -0.1) is 0 Å². The Kier molecular flexibility index (Phi) is 4.08. The summed E-state index contributed by atoms with van der Waals surface area (Å²) in [5.41, 5.74) is 2.73. The van der Waals surface area contributed by atoms with Crippen LogP contribution in [0.5, 0.6) is 0 Å². The maximum Gasteiger partial charge on any atom is 0.0408 e. The van der Waals surface area contributed by atoms with E-state index in [0.29, 0.717) is 12.0 Å². The van der Waals surface area contributed by atoms with E-state index in [4.69, 9.17) is 11.6 Å². The summed E-state index contributed by atoms with van der Waals surface area (Å²) in [6.45, 7) is 4.42. The van der Waals surface area contributed by atoms with Crippen LogP contribution in [-0.4, -0.2) is 32.1 Å². The molecule has 2 unspecified atom stereocenters. The summed E-state index contributed by atoms with van der Waals surface area (Å²) in [6.07, 6.45) is 1.27. The molecule has 1 aliphatic rings. The van der Waals surface area contributed by atoms with E-state index in [1.54, 1.807) is 0 Å². The minimum absolute atomic E-state index is 0.528. The number of halogens is 1. The molecule has 2 atom stereocenters. The molecule has 0 saturated carbocycles. The summed E-state index contributed by atoms with van der Waals surface area (Å²) in [5, 5.41) is 4.14. The molecular formula is C14H21ClN2. The van der Waals surface area contributed by atoms with Crippen LogP contribution >= 0.6 is 11.6 Å². The largest absolute Gasteiger partial charge is 0.319 e. The number of aryl methyl sites for hydroxylation is 1. The molecule has 3 heteroatoms. The molecule has 0 aliphatic carbocycles. The van der Waals surface area contributed by atoms with Crippen LogP contribution in [0.15, 0.2) is 18.2 Å². The second-order valence-corrected chi connectivity index (χ2v) is 5.47. The van der Waals surface area contributed by atoms with Crippen LogP contribution in [0, 0.1) is 12.8 Å². The van der Waals surface area contributed by atoms with Crippen molar-refractivity contribution in [1.82, 2.24) is 10.2 Å². The van der Waals surface area contributed by atoms with Gasteiger partial charge in [0.15, 0.2) is 0 Å². The molecule has 0 amide bonds. The third-order valence-electron chi connectivity index (χ3n) is 3.79. The molecule has 0 radical (unpaired) electrons. The lowest BCUT2D eigenvalue weighted by Gasteiger charge is -2.27. The Morgan fingerprint density at radius 2 is 2.24 bits per heavy atom. The first kappa shape index (κ1) is 12.9. The molecule has 0 aromatic heterocycles. The summed E-state index contributed by atoms with van der Waals surface area (Å²) in [4.78, 5) is 2.46. The SMILES string of the molecule is CNCC1CCN(C)C1c1ccc(Cl)cc1C. The van der Waals surface area contributed by atoms with Crippen molar-refractivity contribution in [2.45, 2.75) is 19.4 Å². The van der Waals surface area contributed by atoms with Gasteiger partial charge in [0.2, 0.25) is 0 Å². The molecule has 2 nitrogen and oxygen atoms in total. The van der Waals surface area contributed by atoms with Crippen LogP contribution in [0.25, 0.3) is 0 Å². The maximum absolute atomic E-state index is 6.03. The second-order valence-electron chi connectivity index (χ2n) is 5.03. The molecule has 17 heavy (non-hydrogen) atoms. The summed E-state index contributed by atoms with van der Waals surface area (Å²) in [6, 6.07) is 6.79. The summed E-state index contributed by atoms with van der Waals surface area (Å²) in [5.74, 6) is 0.699. The first-order chi connectivity index (χ1) is 8.13. The molecule has 1 saturated heterocycles. The second kappa shape index (κ2) is 5.38. The van der Waals surface area contributed by atoms with Gasteiger partial charge in [-0.2, -0.15) is 0 Å². The molecule has 1 fully saturated rings. The van der Waals surface area contributed by atoms with E-state index >= 15 is 0 Å². The third kappa shape index (κ3) is 2.65. The van der Waals surface area contributed by atoms with E-state index < -0.39 is 0 Å². The van der Waals surface area contributed by atoms with Gasteiger partial charge in [0.25, 0.3) is 0 Å². The smallest absolute Gasteiger partial charge is 0.0408 e. The van der Waals surface area contributed by atoms with Gasteiger partial charge in [0.05, 0.1) is 0 Å². The van der Waals surface area contributed by atoms with Gasteiger partial charge < -0.3 is 5.32 Å². The Hall–Kier alpha value is -0.570. The minimum atomic E-state index is 0.528. The van der Waals surface area contributed by atoms with Crippen LogP contribution in [0.2, 0.25) is 5.02 Å². The Morgan fingerprint density at radius 1 is 1.47 bits per heavy atom. The Bertz CT molecular complexity index is 390. The number of hydrogen-bond acceptors (Lipinski definition) is 2. The molecule has 0 bridgehead atoms. The summed E-state index contributed by atoms with van der Waals surface area (Å²) >= 11 is 6.03. The molecule has 1 heterocycles. The van der Waals surface area contributed by atoms with Gasteiger partial charge in [-0.05, 0) is 69.7 Å². The van der Waals surface area contributed by atoms with E-state index in [1.165, 1.54) is 24.1 Å². The molecule has 1 N–H and O–H groups in total. The number of nitrogens with zero attached hydrogens (tertiary/aromatic N) is 1. The molecule has 94 valence electrons. The quantitative estimate of drug-likeness (QED) is 0.890. The van der Waals surface area contributed by atoms with Crippen LogP contribution in [0.1, 0.15) is 23.6 Å². The summed E-state index contributed by atoms with van der Waals surface area (Å²) < 4.78 is 0. The van der Waals surface area contributed by atoms with E-state index in [9.17, 15) is 0 Å². The number of likely N-dealkylation sites (tertiary alicyclic amines) is 1. The molecule has 1 aromatic carbocycles. The van der Waals surface area contributed by atoms with Crippen molar-refractivity contribution in [3.8, 4) is 0 Å². The predicted octanol–water partition coefficient (Wildman–Crippen LogP) is 2.86. The van der Waals surface area contributed by atoms with Gasteiger partial charge in [-0.1, -0.05) is 17.7 Å². The van der Waals surface area contributed by atoms with E-state index in [2.05, 4.69) is 36.3 Å². The van der Waals surface area contributed by atoms with Crippen molar-refractivity contribution in [2.75, 3.05) is 27.2 Å². The highest BCUT2D eigenvalue weighted by molar-refractivity contribution is 6.30. The number of benzene rings is 1. The van der Waals surface area contributed by atoms with Gasteiger partial charge >= 0.3 is 0 Å². The Balaban J connectivity index is 2.29. The molecule has 1 aromatic rings. The average molecular weight is 253 g/mol. The number of hydrogen-bond donors (Lipinski definition) is 1. The minimum Gasteiger partial charge on any atom is -0.319 e. The van der Waals surface area contributed by atoms with Gasteiger partial charge in [-0.25, -0.2) is 0 Å². The third-order valence-corrected chi connectivity index (χ3v) is 4.03. The topological polar surface area (TPSA) is 15.3 Å². The number of rotatable bonds is 3. The van der Waals surface area contributed by atoms with Crippen molar-refractivity contribution >= 4 is 11.6 Å². The van der Waals surface area contributed by atoms with Crippen molar-refractivity contribution in [3.05, 3.63) is 34.3 Å². The first-order valence-electron chi connectivity index (χ1n) is 6.24. The number of nitrogens with one attached hydrogen (secondary N) is 1. The van der Waals surface area contributed by atoms with Gasteiger partial charge in [0.1, 0.15) is 0 Å². The monoisotopic (exact) mass is 252 g/mol. The fourth-order valence-electron chi connectivity index (χ4n) is 2.96. The molecule has 1 aliphatic heterocycles. The maximum atomic E-state index is 6.03. The van der Waals surface area contributed by atoms with Crippen molar-refractivity contribution in [3.63, 3.8) is 0 Å². The van der Waals surface area contributed by atoms with Crippen LogP contribution < -0.4 is 5.32 Å². The highest BCUT2D eigenvalue weighted by atomic mass is 35.5. The zero-order chi connectivity index (χ0) is 12.4. The fourth-order valence-corrected chi connectivity index (χ4v) is 3.19. The predicted molar refractivity (Wildman–Crippen MR) is 73.6 cm³/mol. The lowest BCUT2D eigenvalue weighted by Crippen LogP contribution is -2.27. The normalized spacial score (nSPS) is 25.4. The lowest BCUT2D eigenvalue weighted by atomic mass is 9.91. The lowest BCUT2D eigenvalue weighted by molar-refractivity contribution is 0.273. The van der Waals surface area contributed by atoms with Gasteiger partial charge in [0, 0.05) is 11.1 Å². The van der Waals surface area contributed by atoms with Crippen LogP contribution in [0.4, 0.5) is 0 Å². The van der Waals surface area contributed by atoms with E-state index in [0.717, 1.165) is 11.6 Å². The molecule has 0 spiro atoms. The highest BCUT2D eigenvalue weighted by Crippen LogP contribution is 2.37. The highest BCUT2D eigenvalue weighted by Gasteiger charge is 2.33. The van der Waals surface area contributed by atoms with Crippen molar-refractivity contribution < 1.29 is 0 Å². The Labute approximate surface area is 109 Å². The summed E-state index contributed by atoms with van der Waals surface area (Å²) in [7, 11) is 4.25. The van der Waals surface area contributed by atoms with Crippen LogP contribution in [-0.2, 0) is 0 Å². The molecular weight excluding hydrogens is 232 g/mol. The first-order valence-corrected chi connectivity index (χ1v) is 6.62. The van der Waals surface area contributed by atoms with Crippen molar-refractivity contribution in [1.29, 1.82) is 0 Å². The van der Waals surface area contributed by atoms with E-state index in [-0.39, 0.29) is 0 Å². The zero-order valence-corrected chi connectivity index (χ0v) is 11.6. The molecule has 2 rings (SSSR count). The fraction of sp³-hybridized carbons (Fsp3) is 0.571. The van der Waals surface area contributed by atoms with Crippen LogP contribution in [0.3, 0.4) is 0 Å². The standard InChI is InChI=1S/C14H21ClN2/c1-10-8-12(15)4-5-13(10)14-11(9-16-2)6-7-17(14)3/h4-5,8,11,14,16H,6-7,9H2,1-3H3. The van der Waals surface area contributed by atoms with Gasteiger partial charge in [-0.3, -0.25) is 4.90 Å². The van der Waals surface area contributed by atoms with E-state index in [1.807, 2.05) is 13.1 Å². The average Bonchev–Trinajstić information content (AvgIpc) is 2.62.